The van der Waals surface area contributed by atoms with Gasteiger partial charge in [-0.3, -0.25) is 14.4 Å². The van der Waals surface area contributed by atoms with Gasteiger partial charge in [-0.25, -0.2) is 0 Å². The largest absolute Gasteiger partial charge is 0.508 e. The topological polar surface area (TPSA) is 179 Å². The molecular weight excluding hydrogens is 492 g/mol. The number of phenols is 1. The van der Waals surface area contributed by atoms with E-state index in [1.807, 2.05) is 13.8 Å². The first-order valence-electron chi connectivity index (χ1n) is 13.1. The average molecular weight is 525 g/mol. The Bertz CT molecular complexity index is 1350. The molecule has 5 aliphatic rings. The number of hydrogen-bond acceptors (Lipinski definition) is 9. The number of ether oxygens (including phenoxy) is 1. The minimum absolute atomic E-state index is 0.0720. The number of benzene rings is 1. The standard InChI is InChI=1S/C28H32N2O8/c1-11(2)14-3-4-17(31)19-15(14)5-12-6-16-21(30-13-7-27(8-13)9-38-10-27)23(33)20(26(29)36)25(35)28(16,37)24(34)18(12)22(19)32/h3-4,11-13,16,21,30-32,35,37H,5-10H2,1-2H3,(H2,29,36). The van der Waals surface area contributed by atoms with E-state index in [1.54, 1.807) is 6.07 Å². The molecule has 10 heteroatoms. The van der Waals surface area contributed by atoms with Crippen molar-refractivity contribution in [2.75, 3.05) is 13.2 Å². The minimum Gasteiger partial charge on any atom is -0.508 e. The van der Waals surface area contributed by atoms with Gasteiger partial charge >= 0.3 is 0 Å². The Morgan fingerprint density at radius 2 is 1.84 bits per heavy atom. The van der Waals surface area contributed by atoms with Crippen molar-refractivity contribution in [3.63, 3.8) is 0 Å². The van der Waals surface area contributed by atoms with Gasteiger partial charge in [-0.05, 0) is 54.7 Å². The number of phenolic OH excluding ortho intramolecular Hbond substituents is 1. The average Bonchev–Trinajstić information content (AvgIpc) is 2.78. The first kappa shape index (κ1) is 25.1. The summed E-state index contributed by atoms with van der Waals surface area (Å²) in [5.74, 6) is -6.34. The van der Waals surface area contributed by atoms with Gasteiger partial charge < -0.3 is 36.2 Å². The van der Waals surface area contributed by atoms with E-state index in [2.05, 4.69) is 5.32 Å². The number of carbonyl (C=O) groups is 3. The number of amides is 1. The molecule has 1 aliphatic heterocycles. The molecule has 1 aromatic rings. The predicted octanol–water partition coefficient (Wildman–Crippen LogP) is 1.29. The zero-order valence-corrected chi connectivity index (χ0v) is 21.3. The maximum Gasteiger partial charge on any atom is 0.255 e. The molecule has 1 heterocycles. The van der Waals surface area contributed by atoms with E-state index in [4.69, 9.17) is 10.5 Å². The molecule has 2 saturated carbocycles. The summed E-state index contributed by atoms with van der Waals surface area (Å²) >= 11 is 0. The zero-order chi connectivity index (χ0) is 27.3. The molecule has 38 heavy (non-hydrogen) atoms. The molecule has 7 N–H and O–H groups in total. The number of aromatic hydroxyl groups is 1. The number of nitrogens with one attached hydrogen (secondary N) is 1. The Hall–Kier alpha value is -3.21. The van der Waals surface area contributed by atoms with Crippen molar-refractivity contribution in [2.24, 2.45) is 23.0 Å². The first-order chi connectivity index (χ1) is 17.9. The van der Waals surface area contributed by atoms with Crippen molar-refractivity contribution in [3.8, 4) is 5.75 Å². The summed E-state index contributed by atoms with van der Waals surface area (Å²) in [5.41, 5.74) is 3.67. The van der Waals surface area contributed by atoms with Gasteiger partial charge in [0.2, 0.25) is 5.78 Å². The molecule has 202 valence electrons. The lowest BCUT2D eigenvalue weighted by Gasteiger charge is -2.56. The van der Waals surface area contributed by atoms with Crippen LogP contribution in [0.4, 0.5) is 0 Å². The van der Waals surface area contributed by atoms with Gasteiger partial charge in [0.15, 0.2) is 11.4 Å². The molecule has 4 unspecified atom stereocenters. The van der Waals surface area contributed by atoms with Crippen LogP contribution in [0.15, 0.2) is 29.0 Å². The molecule has 3 fully saturated rings. The maximum atomic E-state index is 14.0. The first-order valence-corrected chi connectivity index (χ1v) is 13.1. The SMILES string of the molecule is CC(C)c1ccc(O)c2c1CC1CC3C(NC4CC5(COC5)C4)C(=O)C(C(N)=O)=C(O)C3(O)C(=O)C1=C2O. The van der Waals surface area contributed by atoms with Crippen molar-refractivity contribution in [2.45, 2.75) is 63.1 Å². The van der Waals surface area contributed by atoms with E-state index >= 15 is 0 Å². The number of ketones is 2. The molecule has 1 saturated heterocycles. The molecule has 4 aliphatic carbocycles. The van der Waals surface area contributed by atoms with Crippen molar-refractivity contribution >= 4 is 23.2 Å². The second-order valence-corrected chi connectivity index (χ2v) is 12.0. The van der Waals surface area contributed by atoms with Crippen molar-refractivity contribution in [1.82, 2.24) is 5.32 Å². The monoisotopic (exact) mass is 524 g/mol. The van der Waals surface area contributed by atoms with Crippen LogP contribution in [0.25, 0.3) is 5.76 Å². The number of carbonyl (C=O) groups excluding carboxylic acids is 3. The highest BCUT2D eigenvalue weighted by atomic mass is 16.5. The highest BCUT2D eigenvalue weighted by Gasteiger charge is 2.64. The number of Topliss-reactive ketones (excluding diaryl/α,β-unsaturated/α-hetero) is 2. The fourth-order valence-electron chi connectivity index (χ4n) is 7.42. The Morgan fingerprint density at radius 1 is 1.16 bits per heavy atom. The predicted molar refractivity (Wildman–Crippen MR) is 134 cm³/mol. The van der Waals surface area contributed by atoms with E-state index in [-0.39, 0.29) is 40.7 Å². The van der Waals surface area contributed by atoms with Crippen LogP contribution < -0.4 is 11.1 Å². The van der Waals surface area contributed by atoms with Gasteiger partial charge in [0.1, 0.15) is 22.8 Å². The van der Waals surface area contributed by atoms with E-state index < -0.39 is 58.0 Å². The lowest BCUT2D eigenvalue weighted by atomic mass is 9.57. The normalized spacial score (nSPS) is 32.1. The lowest BCUT2D eigenvalue weighted by Crippen LogP contribution is -2.69. The van der Waals surface area contributed by atoms with Crippen LogP contribution in [0.1, 0.15) is 55.7 Å². The van der Waals surface area contributed by atoms with Gasteiger partial charge in [-0.1, -0.05) is 19.9 Å². The Balaban J connectivity index is 1.46. The van der Waals surface area contributed by atoms with Crippen LogP contribution in [0.3, 0.4) is 0 Å². The molecule has 0 radical (unpaired) electrons. The molecule has 1 amide bonds. The van der Waals surface area contributed by atoms with E-state index in [1.165, 1.54) is 6.07 Å². The van der Waals surface area contributed by atoms with Crippen molar-refractivity contribution < 1.29 is 39.5 Å². The smallest absolute Gasteiger partial charge is 0.255 e. The summed E-state index contributed by atoms with van der Waals surface area (Å²) in [4.78, 5) is 39.7. The summed E-state index contributed by atoms with van der Waals surface area (Å²) in [6, 6.07) is 2.01. The fraction of sp³-hybridized carbons (Fsp3) is 0.536. The summed E-state index contributed by atoms with van der Waals surface area (Å²) in [6.45, 7) is 5.26. The van der Waals surface area contributed by atoms with Crippen LogP contribution in [0.2, 0.25) is 0 Å². The Kier molecular flexibility index (Phi) is 5.38. The highest BCUT2D eigenvalue weighted by molar-refractivity contribution is 6.24. The number of fused-ring (bicyclic) bond motifs is 3. The third-order valence-corrected chi connectivity index (χ3v) is 9.33. The molecule has 1 spiro atoms. The minimum atomic E-state index is -2.64. The molecule has 0 aromatic heterocycles. The maximum absolute atomic E-state index is 14.0. The number of rotatable bonds is 4. The zero-order valence-electron chi connectivity index (χ0n) is 21.3. The summed E-state index contributed by atoms with van der Waals surface area (Å²) < 4.78 is 5.32. The summed E-state index contributed by atoms with van der Waals surface area (Å²) in [5, 5.41) is 48.0. The molecule has 10 nitrogen and oxygen atoms in total. The van der Waals surface area contributed by atoms with Crippen LogP contribution in [0.5, 0.6) is 5.75 Å². The number of nitrogens with two attached hydrogens (primary N) is 1. The molecule has 4 atom stereocenters. The van der Waals surface area contributed by atoms with Gasteiger partial charge in [0.05, 0.1) is 24.8 Å². The second-order valence-electron chi connectivity index (χ2n) is 12.0. The van der Waals surface area contributed by atoms with E-state index in [0.717, 1.165) is 18.4 Å². The summed E-state index contributed by atoms with van der Waals surface area (Å²) in [7, 11) is 0. The molecule has 1 aromatic carbocycles. The van der Waals surface area contributed by atoms with Crippen LogP contribution in [-0.4, -0.2) is 68.8 Å². The van der Waals surface area contributed by atoms with Gasteiger partial charge in [0.25, 0.3) is 5.91 Å². The van der Waals surface area contributed by atoms with Crippen molar-refractivity contribution in [1.29, 1.82) is 0 Å². The van der Waals surface area contributed by atoms with Crippen LogP contribution in [-0.2, 0) is 25.5 Å². The van der Waals surface area contributed by atoms with Gasteiger partial charge in [0, 0.05) is 22.9 Å². The highest BCUT2D eigenvalue weighted by Crippen LogP contribution is 2.54. The second kappa shape index (κ2) is 8.14. The van der Waals surface area contributed by atoms with E-state index in [0.29, 0.717) is 25.2 Å². The molecule has 6 rings (SSSR count). The van der Waals surface area contributed by atoms with Crippen LogP contribution in [0, 0.1) is 17.3 Å². The number of primary amides is 1. The third kappa shape index (κ3) is 3.20. The molecule has 0 bridgehead atoms. The van der Waals surface area contributed by atoms with Crippen LogP contribution >= 0.6 is 0 Å². The Morgan fingerprint density at radius 3 is 2.42 bits per heavy atom. The number of hydrogen-bond donors (Lipinski definition) is 6. The number of aliphatic hydroxyl groups excluding tert-OH is 2. The quantitative estimate of drug-likeness (QED) is 0.317. The third-order valence-electron chi connectivity index (χ3n) is 9.33. The van der Waals surface area contributed by atoms with Gasteiger partial charge in [-0.2, -0.15) is 0 Å². The summed E-state index contributed by atoms with van der Waals surface area (Å²) in [6.07, 6.45) is 1.87. The molecular formula is C28H32N2O8. The fourth-order valence-corrected chi connectivity index (χ4v) is 7.42. The number of aliphatic hydroxyl groups is 3. The van der Waals surface area contributed by atoms with Gasteiger partial charge in [-0.15, -0.1) is 0 Å². The van der Waals surface area contributed by atoms with Crippen molar-refractivity contribution in [3.05, 3.63) is 45.7 Å². The Labute approximate surface area is 219 Å². The lowest BCUT2D eigenvalue weighted by molar-refractivity contribution is -0.172. The van der Waals surface area contributed by atoms with E-state index in [9.17, 15) is 34.8 Å².